The van der Waals surface area contributed by atoms with Crippen molar-refractivity contribution in [3.8, 4) is 0 Å². The fourth-order valence-corrected chi connectivity index (χ4v) is 5.07. The van der Waals surface area contributed by atoms with Gasteiger partial charge in [-0.25, -0.2) is 8.42 Å². The Balaban J connectivity index is 1.57. The maximum Gasteiger partial charge on any atom is 0.261 e. The number of halogens is 1. The van der Waals surface area contributed by atoms with Gasteiger partial charge < -0.3 is 5.32 Å². The Morgan fingerprint density at radius 2 is 1.71 bits per heavy atom. The molecule has 0 saturated heterocycles. The first kappa shape index (κ1) is 23.2. The van der Waals surface area contributed by atoms with E-state index in [0.29, 0.717) is 6.54 Å². The van der Waals surface area contributed by atoms with E-state index in [-0.39, 0.29) is 27.1 Å². The molecule has 3 rings (SSSR count). The second-order valence-electron chi connectivity index (χ2n) is 6.85. The molecule has 0 atom stereocenters. The van der Waals surface area contributed by atoms with Gasteiger partial charge in [-0.1, -0.05) is 54.1 Å². The molecule has 3 aromatic carbocycles. The summed E-state index contributed by atoms with van der Waals surface area (Å²) in [6, 6.07) is 20.7. The minimum atomic E-state index is -3.75. The van der Waals surface area contributed by atoms with E-state index in [1.807, 2.05) is 12.1 Å². The molecule has 31 heavy (non-hydrogen) atoms. The lowest BCUT2D eigenvalue weighted by Crippen LogP contribution is -2.26. The van der Waals surface area contributed by atoms with Crippen LogP contribution in [0.3, 0.4) is 0 Å². The normalized spacial score (nSPS) is 11.2. The standard InChI is InChI=1S/C23H23ClN2O3S2/c1-17-7-5-6-8-18(17)16-30-14-13-25-23(27)21-15-19(11-12-22(21)24)26-31(28,29)20-9-3-2-4-10-20/h2-12,15,26H,13-14,16H2,1H3,(H,25,27). The van der Waals surface area contributed by atoms with Gasteiger partial charge in [-0.3, -0.25) is 9.52 Å². The van der Waals surface area contributed by atoms with Crippen LogP contribution in [0.1, 0.15) is 21.5 Å². The third-order valence-corrected chi connectivity index (χ3v) is 7.30. The van der Waals surface area contributed by atoms with Gasteiger partial charge in [0.1, 0.15) is 0 Å². The van der Waals surface area contributed by atoms with Crippen LogP contribution in [0.4, 0.5) is 5.69 Å². The molecule has 0 spiro atoms. The van der Waals surface area contributed by atoms with E-state index < -0.39 is 10.0 Å². The number of benzene rings is 3. The van der Waals surface area contributed by atoms with Crippen LogP contribution in [0.25, 0.3) is 0 Å². The molecule has 0 aliphatic heterocycles. The first-order valence-electron chi connectivity index (χ1n) is 9.65. The van der Waals surface area contributed by atoms with Crippen LogP contribution in [0.5, 0.6) is 0 Å². The van der Waals surface area contributed by atoms with Crippen LogP contribution in [0.15, 0.2) is 77.7 Å². The first-order chi connectivity index (χ1) is 14.9. The molecule has 2 N–H and O–H groups in total. The summed E-state index contributed by atoms with van der Waals surface area (Å²) in [6.45, 7) is 2.56. The molecular weight excluding hydrogens is 452 g/mol. The predicted molar refractivity (Wildman–Crippen MR) is 128 cm³/mol. The predicted octanol–water partition coefficient (Wildman–Crippen LogP) is 5.11. The molecule has 3 aromatic rings. The van der Waals surface area contributed by atoms with Gasteiger partial charge in [0.2, 0.25) is 0 Å². The lowest BCUT2D eigenvalue weighted by atomic mass is 10.1. The molecule has 8 heteroatoms. The van der Waals surface area contributed by atoms with E-state index in [0.717, 1.165) is 11.5 Å². The van der Waals surface area contributed by atoms with Crippen molar-refractivity contribution < 1.29 is 13.2 Å². The van der Waals surface area contributed by atoms with E-state index in [9.17, 15) is 13.2 Å². The Hall–Kier alpha value is -2.48. The van der Waals surface area contributed by atoms with E-state index in [1.165, 1.54) is 41.5 Å². The average Bonchev–Trinajstić information content (AvgIpc) is 2.76. The maximum atomic E-state index is 12.6. The second kappa shape index (κ2) is 10.7. The number of carbonyl (C=O) groups excluding carboxylic acids is 1. The molecule has 0 aliphatic rings. The zero-order valence-electron chi connectivity index (χ0n) is 17.0. The molecule has 5 nitrogen and oxygen atoms in total. The number of amides is 1. The Kier molecular flexibility index (Phi) is 8.01. The number of nitrogens with one attached hydrogen (secondary N) is 2. The van der Waals surface area contributed by atoms with Gasteiger partial charge in [-0.05, 0) is 48.4 Å². The molecule has 0 radical (unpaired) electrons. The van der Waals surface area contributed by atoms with Crippen molar-refractivity contribution in [2.24, 2.45) is 0 Å². The van der Waals surface area contributed by atoms with Gasteiger partial charge in [-0.2, -0.15) is 11.8 Å². The molecule has 0 bridgehead atoms. The van der Waals surface area contributed by atoms with Gasteiger partial charge in [0.05, 0.1) is 15.5 Å². The third-order valence-electron chi connectivity index (χ3n) is 4.57. The van der Waals surface area contributed by atoms with E-state index in [2.05, 4.69) is 29.1 Å². The quantitative estimate of drug-likeness (QED) is 0.422. The van der Waals surface area contributed by atoms with Crippen molar-refractivity contribution in [1.29, 1.82) is 0 Å². The van der Waals surface area contributed by atoms with E-state index in [1.54, 1.807) is 30.0 Å². The van der Waals surface area contributed by atoms with Crippen molar-refractivity contribution in [2.45, 2.75) is 17.6 Å². The molecule has 0 fully saturated rings. The molecule has 162 valence electrons. The smallest absolute Gasteiger partial charge is 0.261 e. The van der Waals surface area contributed by atoms with Gasteiger partial charge in [0, 0.05) is 23.7 Å². The van der Waals surface area contributed by atoms with Crippen molar-refractivity contribution >= 4 is 45.0 Å². The Labute approximate surface area is 192 Å². The monoisotopic (exact) mass is 474 g/mol. The Morgan fingerprint density at radius 1 is 1.00 bits per heavy atom. The highest BCUT2D eigenvalue weighted by Gasteiger charge is 2.16. The van der Waals surface area contributed by atoms with Crippen LogP contribution >= 0.6 is 23.4 Å². The minimum absolute atomic E-state index is 0.140. The summed E-state index contributed by atoms with van der Waals surface area (Å²) in [5.74, 6) is 1.28. The van der Waals surface area contributed by atoms with Crippen LogP contribution in [-0.2, 0) is 15.8 Å². The second-order valence-corrected chi connectivity index (χ2v) is 10.0. The molecule has 0 unspecified atom stereocenters. The van der Waals surface area contributed by atoms with E-state index >= 15 is 0 Å². The molecule has 0 saturated carbocycles. The molecule has 0 aromatic heterocycles. The lowest BCUT2D eigenvalue weighted by Gasteiger charge is -2.11. The average molecular weight is 475 g/mol. The number of hydrogen-bond acceptors (Lipinski definition) is 4. The number of rotatable bonds is 9. The molecule has 1 amide bonds. The first-order valence-corrected chi connectivity index (χ1v) is 12.7. The minimum Gasteiger partial charge on any atom is -0.351 e. The van der Waals surface area contributed by atoms with Crippen molar-refractivity contribution in [2.75, 3.05) is 17.0 Å². The lowest BCUT2D eigenvalue weighted by molar-refractivity contribution is 0.0956. The topological polar surface area (TPSA) is 75.3 Å². The summed E-state index contributed by atoms with van der Waals surface area (Å²) in [6.07, 6.45) is 0. The van der Waals surface area contributed by atoms with E-state index in [4.69, 9.17) is 11.6 Å². The van der Waals surface area contributed by atoms with Gasteiger partial charge in [0.15, 0.2) is 0 Å². The molecule has 0 heterocycles. The highest BCUT2D eigenvalue weighted by atomic mass is 35.5. The van der Waals surface area contributed by atoms with Crippen molar-refractivity contribution in [3.05, 3.63) is 94.5 Å². The van der Waals surface area contributed by atoms with Crippen LogP contribution in [-0.4, -0.2) is 26.6 Å². The maximum absolute atomic E-state index is 12.6. The number of thioether (sulfide) groups is 1. The number of carbonyl (C=O) groups is 1. The Bertz CT molecular complexity index is 1150. The summed E-state index contributed by atoms with van der Waals surface area (Å²) >= 11 is 7.90. The summed E-state index contributed by atoms with van der Waals surface area (Å²) in [5.41, 5.74) is 3.02. The van der Waals surface area contributed by atoms with Crippen LogP contribution in [0.2, 0.25) is 5.02 Å². The SMILES string of the molecule is Cc1ccccc1CSCCNC(=O)c1cc(NS(=O)(=O)c2ccccc2)ccc1Cl. The molecular formula is C23H23ClN2O3S2. The highest BCUT2D eigenvalue weighted by molar-refractivity contribution is 7.98. The van der Waals surface area contributed by atoms with Gasteiger partial charge in [-0.15, -0.1) is 0 Å². The highest BCUT2D eigenvalue weighted by Crippen LogP contribution is 2.23. The Morgan fingerprint density at radius 3 is 2.45 bits per heavy atom. The number of hydrogen-bond donors (Lipinski definition) is 2. The summed E-state index contributed by atoms with van der Waals surface area (Å²) in [7, 11) is -3.75. The number of sulfonamides is 1. The summed E-state index contributed by atoms with van der Waals surface area (Å²) < 4.78 is 27.5. The fraction of sp³-hybridized carbons (Fsp3) is 0.174. The molecule has 0 aliphatic carbocycles. The van der Waals surface area contributed by atoms with Gasteiger partial charge >= 0.3 is 0 Å². The summed E-state index contributed by atoms with van der Waals surface area (Å²) in [5, 5.41) is 3.10. The fourth-order valence-electron chi connectivity index (χ4n) is 2.86. The largest absolute Gasteiger partial charge is 0.351 e. The number of aryl methyl sites for hydroxylation is 1. The zero-order valence-corrected chi connectivity index (χ0v) is 19.4. The van der Waals surface area contributed by atoms with Crippen molar-refractivity contribution in [1.82, 2.24) is 5.32 Å². The number of anilines is 1. The third kappa shape index (κ3) is 6.50. The van der Waals surface area contributed by atoms with Crippen LogP contribution in [0, 0.1) is 6.92 Å². The van der Waals surface area contributed by atoms with Gasteiger partial charge in [0.25, 0.3) is 15.9 Å². The van der Waals surface area contributed by atoms with Crippen LogP contribution < -0.4 is 10.0 Å². The van der Waals surface area contributed by atoms with Crippen molar-refractivity contribution in [3.63, 3.8) is 0 Å². The summed E-state index contributed by atoms with van der Waals surface area (Å²) in [4.78, 5) is 12.7. The zero-order chi connectivity index (χ0) is 22.3.